The van der Waals surface area contributed by atoms with Gasteiger partial charge < -0.3 is 5.32 Å². The predicted molar refractivity (Wildman–Crippen MR) is 107 cm³/mol. The molecule has 0 aliphatic carbocycles. The van der Waals surface area contributed by atoms with Crippen molar-refractivity contribution in [2.45, 2.75) is 6.54 Å². The van der Waals surface area contributed by atoms with Gasteiger partial charge in [0.1, 0.15) is 17.0 Å². The van der Waals surface area contributed by atoms with Crippen LogP contribution in [0.5, 0.6) is 0 Å². The normalized spacial score (nSPS) is 10.8. The molecule has 9 nitrogen and oxygen atoms in total. The molecule has 0 radical (unpaired) electrons. The van der Waals surface area contributed by atoms with Crippen LogP contribution in [0.2, 0.25) is 0 Å². The van der Waals surface area contributed by atoms with Gasteiger partial charge in [-0.2, -0.15) is 0 Å². The zero-order valence-electron chi connectivity index (χ0n) is 15.0. The van der Waals surface area contributed by atoms with Crippen molar-refractivity contribution < 1.29 is 4.79 Å². The van der Waals surface area contributed by atoms with E-state index in [1.807, 2.05) is 35.3 Å². The zero-order valence-corrected chi connectivity index (χ0v) is 15.0. The smallest absolute Gasteiger partial charge is 0.308 e. The van der Waals surface area contributed by atoms with Crippen LogP contribution >= 0.6 is 0 Å². The summed E-state index contributed by atoms with van der Waals surface area (Å²) in [7, 11) is 0. The van der Waals surface area contributed by atoms with E-state index >= 15 is 0 Å². The lowest BCUT2D eigenvalue weighted by atomic mass is 10.1. The lowest BCUT2D eigenvalue weighted by molar-refractivity contribution is 0.102. The molecule has 1 amide bonds. The summed E-state index contributed by atoms with van der Waals surface area (Å²) in [4.78, 5) is 57.2. The molecular formula is C20H15N5O4. The standard InChI is InChI=1S/C20H15N5O4/c26-16-10-15(23-20(29)24-16)22-18(27)14-9-13-7-4-8-21-17(13)25(19(14)28)11-12-5-2-1-3-6-12/h1-10H,11H2,(H3,22,23,24,26,27,29). The van der Waals surface area contributed by atoms with Crippen molar-refractivity contribution in [2.75, 3.05) is 5.32 Å². The fourth-order valence-corrected chi connectivity index (χ4v) is 3.01. The number of anilines is 1. The second-order valence-electron chi connectivity index (χ2n) is 6.31. The number of carbonyl (C=O) groups is 1. The van der Waals surface area contributed by atoms with Gasteiger partial charge in [-0.25, -0.2) is 9.78 Å². The van der Waals surface area contributed by atoms with Crippen molar-refractivity contribution in [1.82, 2.24) is 19.5 Å². The summed E-state index contributed by atoms with van der Waals surface area (Å²) in [5, 5.41) is 2.99. The number of pyridine rings is 2. The first-order chi connectivity index (χ1) is 14.0. The lowest BCUT2D eigenvalue weighted by Crippen LogP contribution is -2.31. The molecule has 3 heterocycles. The van der Waals surface area contributed by atoms with Gasteiger partial charge in [-0.1, -0.05) is 30.3 Å². The number of benzene rings is 1. The average molecular weight is 389 g/mol. The van der Waals surface area contributed by atoms with Crippen molar-refractivity contribution >= 4 is 22.8 Å². The van der Waals surface area contributed by atoms with E-state index in [1.54, 1.807) is 18.3 Å². The lowest BCUT2D eigenvalue weighted by Gasteiger charge is -2.12. The third-order valence-corrected chi connectivity index (χ3v) is 4.28. The number of aromatic nitrogens is 4. The molecule has 0 saturated carbocycles. The number of hydrogen-bond acceptors (Lipinski definition) is 5. The Hall–Kier alpha value is -4.27. The van der Waals surface area contributed by atoms with Gasteiger partial charge in [0.25, 0.3) is 17.0 Å². The number of H-pyrrole nitrogens is 2. The van der Waals surface area contributed by atoms with Gasteiger partial charge in [0.05, 0.1) is 6.54 Å². The molecule has 4 rings (SSSR count). The van der Waals surface area contributed by atoms with Crippen LogP contribution in [0.25, 0.3) is 11.0 Å². The van der Waals surface area contributed by atoms with Gasteiger partial charge in [-0.3, -0.25) is 28.9 Å². The minimum absolute atomic E-state index is 0.107. The minimum atomic E-state index is -0.767. The summed E-state index contributed by atoms with van der Waals surface area (Å²) in [6.07, 6.45) is 1.57. The molecule has 0 aliphatic heterocycles. The summed E-state index contributed by atoms with van der Waals surface area (Å²) < 4.78 is 1.42. The first kappa shape index (κ1) is 18.1. The number of nitrogens with one attached hydrogen (secondary N) is 3. The maximum Gasteiger partial charge on any atom is 0.327 e. The molecule has 3 aromatic heterocycles. The second-order valence-corrected chi connectivity index (χ2v) is 6.31. The van der Waals surface area contributed by atoms with Crippen molar-refractivity contribution in [3.05, 3.63) is 103 Å². The number of carbonyl (C=O) groups excluding carboxylic acids is 1. The van der Waals surface area contributed by atoms with Crippen LogP contribution in [0, 0.1) is 0 Å². The van der Waals surface area contributed by atoms with Crippen LogP contribution in [-0.4, -0.2) is 25.4 Å². The Morgan fingerprint density at radius 1 is 1.00 bits per heavy atom. The van der Waals surface area contributed by atoms with Gasteiger partial charge in [0.15, 0.2) is 0 Å². The number of fused-ring (bicyclic) bond motifs is 1. The highest BCUT2D eigenvalue weighted by Crippen LogP contribution is 2.13. The summed E-state index contributed by atoms with van der Waals surface area (Å²) in [6.45, 7) is 0.232. The SMILES string of the molecule is O=C(Nc1cc(=O)[nH]c(=O)[nH]1)c1cc2cccnc2n(Cc2ccccc2)c1=O. The fourth-order valence-electron chi connectivity index (χ4n) is 3.01. The highest BCUT2D eigenvalue weighted by atomic mass is 16.2. The monoisotopic (exact) mass is 389 g/mol. The predicted octanol–water partition coefficient (Wildman–Crippen LogP) is 1.07. The highest BCUT2D eigenvalue weighted by molar-refractivity contribution is 6.05. The van der Waals surface area contributed by atoms with E-state index in [0.717, 1.165) is 11.6 Å². The van der Waals surface area contributed by atoms with Crippen molar-refractivity contribution in [3.8, 4) is 0 Å². The Bertz CT molecular complexity index is 1360. The molecule has 144 valence electrons. The van der Waals surface area contributed by atoms with Gasteiger partial charge in [0, 0.05) is 17.6 Å². The topological polar surface area (TPSA) is 130 Å². The van der Waals surface area contributed by atoms with Crippen LogP contribution < -0.4 is 22.1 Å². The average Bonchev–Trinajstić information content (AvgIpc) is 2.70. The van der Waals surface area contributed by atoms with Crippen molar-refractivity contribution in [2.24, 2.45) is 0 Å². The number of nitrogens with zero attached hydrogens (tertiary/aromatic N) is 2. The molecule has 9 heteroatoms. The Balaban J connectivity index is 1.81. The molecule has 4 aromatic rings. The molecule has 0 spiro atoms. The molecular weight excluding hydrogens is 374 g/mol. The molecule has 3 N–H and O–H groups in total. The maximum atomic E-state index is 13.1. The van der Waals surface area contributed by atoms with E-state index < -0.39 is 22.7 Å². The van der Waals surface area contributed by atoms with E-state index in [0.29, 0.717) is 11.0 Å². The Labute approximate surface area is 162 Å². The van der Waals surface area contributed by atoms with Crippen LogP contribution in [0.1, 0.15) is 15.9 Å². The van der Waals surface area contributed by atoms with Gasteiger partial charge >= 0.3 is 5.69 Å². The number of aromatic amines is 2. The first-order valence-corrected chi connectivity index (χ1v) is 8.69. The number of amides is 1. The summed E-state index contributed by atoms with van der Waals surface area (Å²) in [5.41, 5.74) is -0.793. The van der Waals surface area contributed by atoms with Gasteiger partial charge in [-0.05, 0) is 23.8 Å². The van der Waals surface area contributed by atoms with Crippen molar-refractivity contribution in [1.29, 1.82) is 0 Å². The van der Waals surface area contributed by atoms with Crippen LogP contribution in [0.3, 0.4) is 0 Å². The zero-order chi connectivity index (χ0) is 20.4. The van der Waals surface area contributed by atoms with Crippen molar-refractivity contribution in [3.63, 3.8) is 0 Å². The minimum Gasteiger partial charge on any atom is -0.308 e. The molecule has 0 aliphatic rings. The van der Waals surface area contributed by atoms with Gasteiger partial charge in [0.2, 0.25) is 0 Å². The largest absolute Gasteiger partial charge is 0.327 e. The second kappa shape index (κ2) is 7.39. The molecule has 0 atom stereocenters. The first-order valence-electron chi connectivity index (χ1n) is 8.69. The van der Waals surface area contributed by atoms with E-state index in [2.05, 4.69) is 15.3 Å². The maximum absolute atomic E-state index is 13.1. The molecule has 1 aromatic carbocycles. The van der Waals surface area contributed by atoms with E-state index in [4.69, 9.17) is 0 Å². The molecule has 0 bridgehead atoms. The highest BCUT2D eigenvalue weighted by Gasteiger charge is 2.17. The molecule has 0 saturated heterocycles. The summed E-state index contributed by atoms with van der Waals surface area (Å²) >= 11 is 0. The fraction of sp³-hybridized carbons (Fsp3) is 0.0500. The Morgan fingerprint density at radius 2 is 1.79 bits per heavy atom. The third-order valence-electron chi connectivity index (χ3n) is 4.28. The molecule has 0 unspecified atom stereocenters. The summed E-state index contributed by atoms with van der Waals surface area (Å²) in [5.74, 6) is -0.854. The number of rotatable bonds is 4. The third kappa shape index (κ3) is 3.74. The van der Waals surface area contributed by atoms with E-state index in [-0.39, 0.29) is 17.9 Å². The Kier molecular flexibility index (Phi) is 4.62. The van der Waals surface area contributed by atoms with Crippen LogP contribution in [0.4, 0.5) is 5.82 Å². The summed E-state index contributed by atoms with van der Waals surface area (Å²) in [6, 6.07) is 15.2. The van der Waals surface area contributed by atoms with Crippen LogP contribution in [0.15, 0.2) is 75.2 Å². The molecule has 0 fully saturated rings. The Morgan fingerprint density at radius 3 is 2.55 bits per heavy atom. The van der Waals surface area contributed by atoms with Gasteiger partial charge in [-0.15, -0.1) is 0 Å². The molecule has 29 heavy (non-hydrogen) atoms. The van der Waals surface area contributed by atoms with Crippen LogP contribution in [-0.2, 0) is 6.54 Å². The number of hydrogen-bond donors (Lipinski definition) is 3. The quantitative estimate of drug-likeness (QED) is 0.481. The van der Waals surface area contributed by atoms with E-state index in [1.165, 1.54) is 10.6 Å². The van der Waals surface area contributed by atoms with E-state index in [9.17, 15) is 19.2 Å².